The van der Waals surface area contributed by atoms with Crippen LogP contribution in [0.5, 0.6) is 0 Å². The summed E-state index contributed by atoms with van der Waals surface area (Å²) in [6.07, 6.45) is 0. The molecule has 0 aliphatic rings. The molecule has 7 heteroatoms. The Labute approximate surface area is 124 Å². The van der Waals surface area contributed by atoms with Gasteiger partial charge >= 0.3 is 11.9 Å². The van der Waals surface area contributed by atoms with Crippen LogP contribution in [0.4, 0.5) is 10.1 Å². The Morgan fingerprint density at radius 1 is 1.25 bits per heavy atom. The summed E-state index contributed by atoms with van der Waals surface area (Å²) in [7, 11) is 0. The van der Waals surface area contributed by atoms with Crippen molar-refractivity contribution in [2.45, 2.75) is 19.8 Å². The van der Waals surface area contributed by atoms with Crippen molar-refractivity contribution in [2.75, 3.05) is 18.9 Å². The standard InChI is InChI=1S/C13H15BrFNO4/c1-3-19-12(17)11(13(18)20-4-2)7-5-9(15)10(16)6-8(7)14/h5-6,11H,3-4,16H2,1-2H3. The van der Waals surface area contributed by atoms with Crippen LogP contribution in [0.25, 0.3) is 0 Å². The zero-order valence-corrected chi connectivity index (χ0v) is 12.7. The molecular formula is C13H15BrFNO4. The number of hydrogen-bond acceptors (Lipinski definition) is 5. The molecule has 0 aromatic heterocycles. The number of carbonyl (C=O) groups is 2. The number of rotatable bonds is 5. The largest absolute Gasteiger partial charge is 0.465 e. The zero-order valence-electron chi connectivity index (χ0n) is 11.1. The van der Waals surface area contributed by atoms with Gasteiger partial charge in [0.1, 0.15) is 5.82 Å². The van der Waals surface area contributed by atoms with Crippen molar-refractivity contribution in [3.63, 3.8) is 0 Å². The summed E-state index contributed by atoms with van der Waals surface area (Å²) in [6, 6.07) is 2.31. The fraction of sp³-hybridized carbons (Fsp3) is 0.385. The van der Waals surface area contributed by atoms with E-state index in [-0.39, 0.29) is 24.5 Å². The van der Waals surface area contributed by atoms with Gasteiger partial charge in [0.2, 0.25) is 0 Å². The molecule has 0 saturated heterocycles. The number of carbonyl (C=O) groups excluding carboxylic acids is 2. The van der Waals surface area contributed by atoms with Crippen LogP contribution in [0, 0.1) is 5.82 Å². The van der Waals surface area contributed by atoms with E-state index in [1.54, 1.807) is 13.8 Å². The van der Waals surface area contributed by atoms with Crippen molar-refractivity contribution < 1.29 is 23.5 Å². The average Bonchev–Trinajstić information content (AvgIpc) is 2.36. The minimum atomic E-state index is -1.35. The first-order valence-electron chi connectivity index (χ1n) is 6.00. The molecule has 0 saturated carbocycles. The van der Waals surface area contributed by atoms with Crippen LogP contribution >= 0.6 is 15.9 Å². The second-order valence-corrected chi connectivity index (χ2v) is 4.69. The van der Waals surface area contributed by atoms with Gasteiger partial charge in [-0.15, -0.1) is 0 Å². The van der Waals surface area contributed by atoms with E-state index in [9.17, 15) is 14.0 Å². The summed E-state index contributed by atoms with van der Waals surface area (Å²) in [4.78, 5) is 23.8. The Bertz CT molecular complexity index is 503. The minimum Gasteiger partial charge on any atom is -0.465 e. The molecule has 0 aliphatic heterocycles. The Kier molecular flexibility index (Phi) is 5.94. The third kappa shape index (κ3) is 3.69. The quantitative estimate of drug-likeness (QED) is 0.502. The number of benzene rings is 1. The molecule has 0 aliphatic carbocycles. The van der Waals surface area contributed by atoms with Gasteiger partial charge in [0.15, 0.2) is 5.92 Å². The van der Waals surface area contributed by atoms with E-state index in [1.807, 2.05) is 0 Å². The smallest absolute Gasteiger partial charge is 0.324 e. The van der Waals surface area contributed by atoms with Crippen LogP contribution in [-0.4, -0.2) is 25.2 Å². The van der Waals surface area contributed by atoms with Crippen LogP contribution in [0.15, 0.2) is 16.6 Å². The molecule has 2 N–H and O–H groups in total. The second-order valence-electron chi connectivity index (χ2n) is 3.83. The summed E-state index contributed by atoms with van der Waals surface area (Å²) in [5, 5.41) is 0. The number of nitrogens with two attached hydrogens (primary N) is 1. The van der Waals surface area contributed by atoms with Gasteiger partial charge < -0.3 is 15.2 Å². The van der Waals surface area contributed by atoms with Crippen LogP contribution in [0.2, 0.25) is 0 Å². The lowest BCUT2D eigenvalue weighted by molar-refractivity contribution is -0.156. The highest BCUT2D eigenvalue weighted by Gasteiger charge is 2.33. The van der Waals surface area contributed by atoms with Crippen LogP contribution in [-0.2, 0) is 19.1 Å². The predicted octanol–water partition coefficient (Wildman–Crippen LogP) is 2.38. The summed E-state index contributed by atoms with van der Waals surface area (Å²) in [5.41, 5.74) is 5.45. The van der Waals surface area contributed by atoms with E-state index < -0.39 is 23.7 Å². The first kappa shape index (κ1) is 16.4. The lowest BCUT2D eigenvalue weighted by Gasteiger charge is -2.16. The number of nitrogen functional groups attached to an aromatic ring is 1. The summed E-state index contributed by atoms with van der Waals surface area (Å²) in [6.45, 7) is 3.42. The molecule has 110 valence electrons. The third-order valence-corrected chi connectivity index (χ3v) is 3.16. The maximum Gasteiger partial charge on any atom is 0.324 e. The Morgan fingerprint density at radius 3 is 2.20 bits per heavy atom. The van der Waals surface area contributed by atoms with Crippen LogP contribution in [0.1, 0.15) is 25.3 Å². The summed E-state index contributed by atoms with van der Waals surface area (Å²) >= 11 is 3.16. The van der Waals surface area contributed by atoms with Crippen molar-refractivity contribution in [2.24, 2.45) is 0 Å². The number of hydrogen-bond donors (Lipinski definition) is 1. The molecule has 0 heterocycles. The maximum atomic E-state index is 13.6. The topological polar surface area (TPSA) is 78.6 Å². The van der Waals surface area contributed by atoms with Gasteiger partial charge in [-0.05, 0) is 31.5 Å². The second kappa shape index (κ2) is 7.23. The van der Waals surface area contributed by atoms with Crippen LogP contribution in [0.3, 0.4) is 0 Å². The summed E-state index contributed by atoms with van der Waals surface area (Å²) < 4.78 is 23.6. The van der Waals surface area contributed by atoms with Crippen molar-refractivity contribution in [3.8, 4) is 0 Å². The van der Waals surface area contributed by atoms with Gasteiger partial charge in [0.25, 0.3) is 0 Å². The molecular weight excluding hydrogens is 333 g/mol. The highest BCUT2D eigenvalue weighted by molar-refractivity contribution is 9.10. The molecule has 0 bridgehead atoms. The molecule has 0 radical (unpaired) electrons. The number of anilines is 1. The van der Waals surface area contributed by atoms with E-state index >= 15 is 0 Å². The lowest BCUT2D eigenvalue weighted by Crippen LogP contribution is -2.26. The average molecular weight is 348 g/mol. The van der Waals surface area contributed by atoms with Gasteiger partial charge in [0, 0.05) is 4.47 Å². The zero-order chi connectivity index (χ0) is 15.3. The maximum absolute atomic E-state index is 13.6. The SMILES string of the molecule is CCOC(=O)C(C(=O)OCC)c1cc(F)c(N)cc1Br. The van der Waals surface area contributed by atoms with E-state index in [2.05, 4.69) is 15.9 Å². The Balaban J connectivity index is 3.26. The van der Waals surface area contributed by atoms with Gasteiger partial charge in [-0.2, -0.15) is 0 Å². The number of halogens is 2. The van der Waals surface area contributed by atoms with Crippen molar-refractivity contribution in [1.82, 2.24) is 0 Å². The predicted molar refractivity (Wildman–Crippen MR) is 74.5 cm³/mol. The molecule has 0 spiro atoms. The summed E-state index contributed by atoms with van der Waals surface area (Å²) in [5.74, 6) is -3.66. The van der Waals surface area contributed by atoms with Gasteiger partial charge in [-0.3, -0.25) is 9.59 Å². The Morgan fingerprint density at radius 2 is 1.75 bits per heavy atom. The van der Waals surface area contributed by atoms with Crippen molar-refractivity contribution in [1.29, 1.82) is 0 Å². The lowest BCUT2D eigenvalue weighted by atomic mass is 9.98. The molecule has 1 aromatic rings. The van der Waals surface area contributed by atoms with Crippen LogP contribution < -0.4 is 5.73 Å². The van der Waals surface area contributed by atoms with E-state index in [0.29, 0.717) is 4.47 Å². The van der Waals surface area contributed by atoms with Crippen molar-refractivity contribution >= 4 is 33.6 Å². The highest BCUT2D eigenvalue weighted by atomic mass is 79.9. The molecule has 20 heavy (non-hydrogen) atoms. The first-order valence-corrected chi connectivity index (χ1v) is 6.79. The molecule has 1 rings (SSSR count). The van der Waals surface area contributed by atoms with Gasteiger partial charge in [0.05, 0.1) is 18.9 Å². The number of ether oxygens (including phenoxy) is 2. The normalized spacial score (nSPS) is 10.4. The first-order chi connectivity index (χ1) is 9.42. The third-order valence-electron chi connectivity index (χ3n) is 2.47. The molecule has 1 aromatic carbocycles. The fourth-order valence-corrected chi connectivity index (χ4v) is 2.19. The molecule has 0 atom stereocenters. The molecule has 0 unspecified atom stereocenters. The fourth-order valence-electron chi connectivity index (χ4n) is 1.60. The van der Waals surface area contributed by atoms with E-state index in [1.165, 1.54) is 6.07 Å². The minimum absolute atomic E-state index is 0.0907. The number of esters is 2. The van der Waals surface area contributed by atoms with Gasteiger partial charge in [-0.1, -0.05) is 15.9 Å². The van der Waals surface area contributed by atoms with E-state index in [4.69, 9.17) is 15.2 Å². The molecule has 0 amide bonds. The Hall–Kier alpha value is -1.63. The van der Waals surface area contributed by atoms with E-state index in [0.717, 1.165) is 6.07 Å². The highest BCUT2D eigenvalue weighted by Crippen LogP contribution is 2.31. The molecule has 5 nitrogen and oxygen atoms in total. The van der Waals surface area contributed by atoms with Crippen molar-refractivity contribution in [3.05, 3.63) is 28.0 Å². The monoisotopic (exact) mass is 347 g/mol. The van der Waals surface area contributed by atoms with Gasteiger partial charge in [-0.25, -0.2) is 4.39 Å². The molecule has 0 fully saturated rings.